The van der Waals surface area contributed by atoms with Crippen LogP contribution in [0, 0.1) is 0 Å². The van der Waals surface area contributed by atoms with Crippen molar-refractivity contribution in [2.75, 3.05) is 32.7 Å². The summed E-state index contributed by atoms with van der Waals surface area (Å²) in [6.45, 7) is 0.922. The summed E-state index contributed by atoms with van der Waals surface area (Å²) < 4.78 is 13.0. The minimum atomic E-state index is -0.820. The Labute approximate surface area is 187 Å². The van der Waals surface area contributed by atoms with Gasteiger partial charge in [0, 0.05) is 24.8 Å². The van der Waals surface area contributed by atoms with Crippen molar-refractivity contribution in [3.8, 4) is 11.5 Å². The summed E-state index contributed by atoms with van der Waals surface area (Å²) >= 11 is 1.66. The third kappa shape index (κ3) is 2.74. The van der Waals surface area contributed by atoms with Crippen LogP contribution in [-0.2, 0) is 21.4 Å². The van der Waals surface area contributed by atoms with Crippen LogP contribution in [0.15, 0.2) is 12.1 Å². The standard InChI is InChI=1S/C23H32N2O5S/c1-25-10-9-22-18-13-4-5-16(26)19(18)30-20(22)14(24-15(21(27)28)7-11-31-3)6-8-23(22,29-2)17(25)12-13/h4-5,14-15,17,20,24,26H,6-12H2,1-3H3,(H,27,28)/t14-,15+,17?,20+,22?,23-/m1/s1. The molecular weight excluding hydrogens is 416 g/mol. The third-order valence-electron chi connectivity index (χ3n) is 8.38. The SMILES string of the molecule is CO[C@@]12CC[C@@H](N[C@@H](CCSC)C(=O)O)[C@@H]3Oc4c(O)ccc5c4C31CCN(C)C2C5. The Morgan fingerprint density at radius 1 is 1.45 bits per heavy atom. The van der Waals surface area contributed by atoms with Crippen LogP contribution in [0.5, 0.6) is 11.5 Å². The van der Waals surface area contributed by atoms with Crippen LogP contribution >= 0.6 is 11.8 Å². The number of nitrogens with zero attached hydrogens (tertiary/aromatic N) is 1. The molecule has 2 fully saturated rings. The Hall–Kier alpha value is -1.48. The first kappa shape index (κ1) is 21.4. The minimum absolute atomic E-state index is 0.118. The van der Waals surface area contributed by atoms with Gasteiger partial charge in [0.25, 0.3) is 0 Å². The summed E-state index contributed by atoms with van der Waals surface area (Å²) in [4.78, 5) is 14.4. The molecule has 1 spiro atoms. The Morgan fingerprint density at radius 3 is 2.97 bits per heavy atom. The maximum atomic E-state index is 12.0. The van der Waals surface area contributed by atoms with Crippen LogP contribution in [0.25, 0.3) is 0 Å². The lowest BCUT2D eigenvalue weighted by molar-refractivity contribution is -0.204. The molecule has 1 aromatic carbocycles. The van der Waals surface area contributed by atoms with Crippen molar-refractivity contribution in [2.45, 2.75) is 67.3 Å². The first-order valence-electron chi connectivity index (χ1n) is 11.1. The van der Waals surface area contributed by atoms with E-state index in [2.05, 4.69) is 17.3 Å². The number of carboxylic acid groups (broad SMARTS) is 1. The molecule has 5 rings (SSSR count). The second kappa shape index (κ2) is 7.54. The highest BCUT2D eigenvalue weighted by Gasteiger charge is 2.73. The van der Waals surface area contributed by atoms with Gasteiger partial charge in [0.05, 0.1) is 11.0 Å². The number of ether oxygens (including phenoxy) is 2. The van der Waals surface area contributed by atoms with Crippen LogP contribution in [-0.4, -0.2) is 83.6 Å². The maximum Gasteiger partial charge on any atom is 0.320 e. The molecule has 170 valence electrons. The second-order valence-electron chi connectivity index (χ2n) is 9.49. The van der Waals surface area contributed by atoms with Crippen LogP contribution in [0.2, 0.25) is 0 Å². The van der Waals surface area contributed by atoms with Crippen LogP contribution in [0.1, 0.15) is 36.8 Å². The van der Waals surface area contributed by atoms with Gasteiger partial charge in [-0.15, -0.1) is 0 Å². The average molecular weight is 449 g/mol. The summed E-state index contributed by atoms with van der Waals surface area (Å²) in [5.41, 5.74) is 1.52. The van der Waals surface area contributed by atoms with Crippen molar-refractivity contribution >= 4 is 17.7 Å². The van der Waals surface area contributed by atoms with Crippen LogP contribution in [0.4, 0.5) is 0 Å². The predicted molar refractivity (Wildman–Crippen MR) is 119 cm³/mol. The van der Waals surface area contributed by atoms with Crippen molar-refractivity contribution in [2.24, 2.45) is 0 Å². The number of hydrogen-bond donors (Lipinski definition) is 3. The van der Waals surface area contributed by atoms with E-state index in [1.807, 2.05) is 19.4 Å². The van der Waals surface area contributed by atoms with E-state index < -0.39 is 17.6 Å². The van der Waals surface area contributed by atoms with E-state index in [1.54, 1.807) is 17.8 Å². The molecule has 2 bridgehead atoms. The zero-order chi connectivity index (χ0) is 22.0. The minimum Gasteiger partial charge on any atom is -0.504 e. The number of thioether (sulfide) groups is 1. The number of carbonyl (C=O) groups is 1. The smallest absolute Gasteiger partial charge is 0.320 e. The number of methoxy groups -OCH3 is 1. The molecule has 8 heteroatoms. The Bertz CT molecular complexity index is 897. The number of aromatic hydroxyl groups is 1. The van der Waals surface area contributed by atoms with Gasteiger partial charge in [-0.25, -0.2) is 0 Å². The monoisotopic (exact) mass is 448 g/mol. The molecule has 2 aliphatic carbocycles. The number of phenolic OH excluding ortho intramolecular Hbond substituents is 1. The van der Waals surface area contributed by atoms with Gasteiger partial charge in [0.2, 0.25) is 0 Å². The molecule has 2 unspecified atom stereocenters. The van der Waals surface area contributed by atoms with E-state index in [9.17, 15) is 15.0 Å². The lowest BCUT2D eigenvalue weighted by atomic mass is 9.48. The normalized spacial score (nSPS) is 36.5. The fourth-order valence-corrected chi connectivity index (χ4v) is 7.55. The number of rotatable bonds is 7. The summed E-state index contributed by atoms with van der Waals surface area (Å²) in [6, 6.07) is 3.26. The largest absolute Gasteiger partial charge is 0.504 e. The first-order valence-corrected chi connectivity index (χ1v) is 12.5. The molecule has 3 N–H and O–H groups in total. The molecule has 0 radical (unpaired) electrons. The zero-order valence-corrected chi connectivity index (χ0v) is 19.2. The fraction of sp³-hybridized carbons (Fsp3) is 0.696. The summed E-state index contributed by atoms with van der Waals surface area (Å²) in [5.74, 6) is 0.712. The van der Waals surface area contributed by atoms with E-state index >= 15 is 0 Å². The van der Waals surface area contributed by atoms with E-state index in [1.165, 1.54) is 5.56 Å². The Balaban J connectivity index is 1.61. The molecule has 4 aliphatic rings. The van der Waals surface area contributed by atoms with Crippen molar-refractivity contribution in [1.29, 1.82) is 0 Å². The molecule has 31 heavy (non-hydrogen) atoms. The van der Waals surface area contributed by atoms with Crippen molar-refractivity contribution in [3.63, 3.8) is 0 Å². The lowest BCUT2D eigenvalue weighted by Gasteiger charge is -2.65. The Kier molecular flexibility index (Phi) is 5.20. The van der Waals surface area contributed by atoms with Gasteiger partial charge >= 0.3 is 5.97 Å². The highest BCUT2D eigenvalue weighted by Crippen LogP contribution is 2.66. The highest BCUT2D eigenvalue weighted by atomic mass is 32.2. The molecule has 2 aliphatic heterocycles. The number of phenols is 1. The summed E-state index contributed by atoms with van der Waals surface area (Å²) in [7, 11) is 3.98. The number of likely N-dealkylation sites (N-methyl/N-ethyl adjacent to an activating group) is 1. The molecule has 2 heterocycles. The molecule has 7 nitrogen and oxygen atoms in total. The zero-order valence-electron chi connectivity index (χ0n) is 18.4. The number of hydrogen-bond acceptors (Lipinski definition) is 7. The topological polar surface area (TPSA) is 91.3 Å². The Morgan fingerprint density at radius 2 is 2.26 bits per heavy atom. The maximum absolute atomic E-state index is 12.0. The molecule has 0 aromatic heterocycles. The number of likely N-dealkylation sites (tertiary alicyclic amines) is 1. The number of piperidine rings is 1. The number of nitrogens with one attached hydrogen (secondary N) is 1. The second-order valence-corrected chi connectivity index (χ2v) is 10.5. The van der Waals surface area contributed by atoms with Gasteiger partial charge < -0.3 is 24.6 Å². The van der Waals surface area contributed by atoms with E-state index in [0.29, 0.717) is 12.2 Å². The number of carboxylic acids is 1. The van der Waals surface area contributed by atoms with E-state index in [0.717, 1.165) is 43.5 Å². The average Bonchev–Trinajstić information content (AvgIpc) is 3.11. The van der Waals surface area contributed by atoms with Crippen LogP contribution in [0.3, 0.4) is 0 Å². The molecule has 1 aromatic rings. The summed E-state index contributed by atoms with van der Waals surface area (Å²) in [5, 5.41) is 24.0. The van der Waals surface area contributed by atoms with Crippen molar-refractivity contribution < 1.29 is 24.5 Å². The molecule has 0 amide bonds. The van der Waals surface area contributed by atoms with Gasteiger partial charge in [-0.1, -0.05) is 6.07 Å². The van der Waals surface area contributed by atoms with Gasteiger partial charge in [0.1, 0.15) is 12.1 Å². The van der Waals surface area contributed by atoms with Crippen LogP contribution < -0.4 is 10.1 Å². The van der Waals surface area contributed by atoms with Crippen molar-refractivity contribution in [3.05, 3.63) is 23.3 Å². The fourth-order valence-electron chi connectivity index (χ4n) is 7.08. The first-order chi connectivity index (χ1) is 14.9. The van der Waals surface area contributed by atoms with E-state index in [-0.39, 0.29) is 29.4 Å². The molecule has 1 saturated heterocycles. The van der Waals surface area contributed by atoms with Gasteiger partial charge in [-0.05, 0) is 69.3 Å². The van der Waals surface area contributed by atoms with Gasteiger partial charge in [-0.3, -0.25) is 10.1 Å². The number of aliphatic carboxylic acids is 1. The quantitative estimate of drug-likeness (QED) is 0.584. The molecular formula is C23H32N2O5S. The lowest BCUT2D eigenvalue weighted by Crippen LogP contribution is -2.78. The predicted octanol–water partition coefficient (Wildman–Crippen LogP) is 1.99. The van der Waals surface area contributed by atoms with E-state index in [4.69, 9.17) is 9.47 Å². The number of benzene rings is 1. The molecule has 6 atom stereocenters. The molecule has 1 saturated carbocycles. The van der Waals surface area contributed by atoms with Gasteiger partial charge in [0.15, 0.2) is 11.5 Å². The van der Waals surface area contributed by atoms with Gasteiger partial charge in [-0.2, -0.15) is 11.8 Å². The highest BCUT2D eigenvalue weighted by molar-refractivity contribution is 7.98. The summed E-state index contributed by atoms with van der Waals surface area (Å²) in [6.07, 6.45) is 5.63. The third-order valence-corrected chi connectivity index (χ3v) is 9.02. The van der Waals surface area contributed by atoms with Crippen molar-refractivity contribution in [1.82, 2.24) is 10.2 Å².